The molecule has 2 unspecified atom stereocenters. The number of hydrogen-bond donors (Lipinski definition) is 3. The number of benzene rings is 2. The highest BCUT2D eigenvalue weighted by molar-refractivity contribution is 7.89. The first-order chi connectivity index (χ1) is 13.2. The van der Waals surface area contributed by atoms with Crippen LogP contribution in [0.5, 0.6) is 0 Å². The van der Waals surface area contributed by atoms with Gasteiger partial charge in [0.05, 0.1) is 26.6 Å². The second kappa shape index (κ2) is 8.34. The monoisotopic (exact) mass is 446 g/mol. The molecule has 6 nitrogen and oxygen atoms in total. The summed E-state index contributed by atoms with van der Waals surface area (Å²) in [4.78, 5) is 12.4. The molecule has 2 aromatic rings. The lowest BCUT2D eigenvalue weighted by atomic mass is 10.2. The predicted molar refractivity (Wildman–Crippen MR) is 105 cm³/mol. The van der Waals surface area contributed by atoms with E-state index < -0.39 is 33.9 Å². The van der Waals surface area contributed by atoms with Gasteiger partial charge in [-0.05, 0) is 55.7 Å². The van der Waals surface area contributed by atoms with Crippen LogP contribution in [0.4, 0.5) is 10.1 Å². The maximum Gasteiger partial charge on any atom is 0.257 e. The number of nitrogens with one attached hydrogen (secondary N) is 2. The van der Waals surface area contributed by atoms with Crippen molar-refractivity contribution in [3.05, 3.63) is 57.8 Å². The van der Waals surface area contributed by atoms with Gasteiger partial charge in [0.25, 0.3) is 5.91 Å². The second-order valence-electron chi connectivity index (χ2n) is 6.45. The van der Waals surface area contributed by atoms with E-state index >= 15 is 0 Å². The highest BCUT2D eigenvalue weighted by Gasteiger charge is 2.30. The van der Waals surface area contributed by atoms with Gasteiger partial charge in [-0.3, -0.25) is 4.79 Å². The number of carbonyl (C=O) groups excluding carboxylic acids is 1. The minimum absolute atomic E-state index is 0.0468. The fourth-order valence-corrected chi connectivity index (χ4v) is 4.68. The van der Waals surface area contributed by atoms with Crippen LogP contribution in [0.2, 0.25) is 10.0 Å². The molecule has 10 heteroatoms. The number of sulfonamides is 1. The quantitative estimate of drug-likeness (QED) is 0.653. The fraction of sp³-hybridized carbons (Fsp3) is 0.278. The minimum Gasteiger partial charge on any atom is -0.391 e. The van der Waals surface area contributed by atoms with E-state index in [1.54, 1.807) is 0 Å². The zero-order valence-electron chi connectivity index (χ0n) is 14.5. The van der Waals surface area contributed by atoms with E-state index in [-0.39, 0.29) is 26.2 Å². The molecule has 0 bridgehead atoms. The Hall–Kier alpha value is -1.71. The first-order valence-electron chi connectivity index (χ1n) is 8.44. The largest absolute Gasteiger partial charge is 0.391 e. The van der Waals surface area contributed by atoms with E-state index in [1.165, 1.54) is 24.3 Å². The average molecular weight is 447 g/mol. The van der Waals surface area contributed by atoms with Crippen LogP contribution in [-0.4, -0.2) is 31.6 Å². The number of rotatable bonds is 5. The summed E-state index contributed by atoms with van der Waals surface area (Å²) in [5.74, 6) is -1.31. The van der Waals surface area contributed by atoms with Crippen LogP contribution in [0.1, 0.15) is 29.6 Å². The molecule has 0 heterocycles. The fourth-order valence-electron chi connectivity index (χ4n) is 2.96. The molecule has 1 fully saturated rings. The molecule has 1 aliphatic rings. The molecule has 28 heavy (non-hydrogen) atoms. The van der Waals surface area contributed by atoms with Gasteiger partial charge in [-0.1, -0.05) is 23.2 Å². The van der Waals surface area contributed by atoms with Crippen molar-refractivity contribution in [2.75, 3.05) is 5.32 Å². The lowest BCUT2D eigenvalue weighted by molar-refractivity contribution is 0.102. The van der Waals surface area contributed by atoms with Crippen molar-refractivity contribution in [3.63, 3.8) is 0 Å². The minimum atomic E-state index is -3.95. The summed E-state index contributed by atoms with van der Waals surface area (Å²) < 4.78 is 40.9. The van der Waals surface area contributed by atoms with Gasteiger partial charge in [0.15, 0.2) is 0 Å². The van der Waals surface area contributed by atoms with Crippen molar-refractivity contribution in [1.82, 2.24) is 4.72 Å². The molecule has 1 saturated carbocycles. The average Bonchev–Trinajstić information content (AvgIpc) is 3.02. The second-order valence-corrected chi connectivity index (χ2v) is 8.98. The van der Waals surface area contributed by atoms with E-state index in [2.05, 4.69) is 10.0 Å². The van der Waals surface area contributed by atoms with Crippen LogP contribution in [0.15, 0.2) is 41.3 Å². The normalized spacial score (nSPS) is 19.6. The molecule has 1 amide bonds. The zero-order chi connectivity index (χ0) is 20.5. The zero-order valence-corrected chi connectivity index (χ0v) is 16.8. The van der Waals surface area contributed by atoms with Crippen molar-refractivity contribution in [1.29, 1.82) is 0 Å². The number of aliphatic hydroxyl groups is 1. The van der Waals surface area contributed by atoms with Crippen molar-refractivity contribution in [3.8, 4) is 0 Å². The molecule has 3 rings (SSSR count). The third-order valence-corrected chi connectivity index (χ3v) is 6.56. The van der Waals surface area contributed by atoms with E-state index in [0.29, 0.717) is 12.8 Å². The summed E-state index contributed by atoms with van der Waals surface area (Å²) in [5, 5.41) is 12.2. The smallest absolute Gasteiger partial charge is 0.257 e. The highest BCUT2D eigenvalue weighted by atomic mass is 35.5. The SMILES string of the molecule is O=C(Nc1ccc(F)c(Cl)c1)c1cc(S(=O)(=O)NC2CCCC2O)ccc1Cl. The first-order valence-corrected chi connectivity index (χ1v) is 10.7. The van der Waals surface area contributed by atoms with Gasteiger partial charge in [0.2, 0.25) is 10.0 Å². The maximum absolute atomic E-state index is 13.2. The van der Waals surface area contributed by atoms with Gasteiger partial charge in [-0.15, -0.1) is 0 Å². The number of anilines is 1. The number of amides is 1. The van der Waals surface area contributed by atoms with Crippen molar-refractivity contribution in [2.45, 2.75) is 36.3 Å². The summed E-state index contributed by atoms with van der Waals surface area (Å²) in [7, 11) is -3.95. The highest BCUT2D eigenvalue weighted by Crippen LogP contribution is 2.25. The van der Waals surface area contributed by atoms with Crippen LogP contribution in [0.25, 0.3) is 0 Å². The van der Waals surface area contributed by atoms with Crippen LogP contribution in [0, 0.1) is 5.82 Å². The van der Waals surface area contributed by atoms with Gasteiger partial charge in [0, 0.05) is 11.7 Å². The molecular weight excluding hydrogens is 430 g/mol. The summed E-state index contributed by atoms with van der Waals surface area (Å²) >= 11 is 11.7. The van der Waals surface area contributed by atoms with E-state index in [1.807, 2.05) is 0 Å². The molecule has 2 atom stereocenters. The molecule has 3 N–H and O–H groups in total. The van der Waals surface area contributed by atoms with Gasteiger partial charge in [0.1, 0.15) is 5.82 Å². The molecule has 0 spiro atoms. The van der Waals surface area contributed by atoms with Crippen molar-refractivity contribution < 1.29 is 22.7 Å². The molecule has 0 aromatic heterocycles. The van der Waals surface area contributed by atoms with Crippen LogP contribution >= 0.6 is 23.2 Å². The summed E-state index contributed by atoms with van der Waals surface area (Å²) in [5.41, 5.74) is 0.157. The van der Waals surface area contributed by atoms with Crippen molar-refractivity contribution >= 4 is 44.8 Å². The number of halogens is 3. The topological polar surface area (TPSA) is 95.5 Å². The van der Waals surface area contributed by atoms with E-state index in [4.69, 9.17) is 23.2 Å². The molecule has 0 radical (unpaired) electrons. The molecule has 2 aromatic carbocycles. The molecule has 150 valence electrons. The standard InChI is InChI=1S/C18H17Cl2FN2O4S/c19-13-6-5-11(28(26,27)23-16-2-1-3-17(16)24)9-12(13)18(25)22-10-4-7-15(21)14(20)8-10/h4-9,16-17,23-24H,1-3H2,(H,22,25). The van der Waals surface area contributed by atoms with Gasteiger partial charge < -0.3 is 10.4 Å². The third-order valence-electron chi connectivity index (χ3n) is 4.46. The summed E-state index contributed by atoms with van der Waals surface area (Å²) in [6.07, 6.45) is 1.05. The lowest BCUT2D eigenvalue weighted by Crippen LogP contribution is -2.39. The van der Waals surface area contributed by atoms with Crippen LogP contribution in [-0.2, 0) is 10.0 Å². The summed E-state index contributed by atoms with van der Waals surface area (Å²) in [6, 6.07) is 6.79. The van der Waals surface area contributed by atoms with Crippen LogP contribution < -0.4 is 10.0 Å². The molecule has 0 saturated heterocycles. The van der Waals surface area contributed by atoms with E-state index in [9.17, 15) is 22.7 Å². The third kappa shape index (κ3) is 4.64. The Bertz CT molecular complexity index is 1020. The Morgan fingerprint density at radius 2 is 1.86 bits per heavy atom. The van der Waals surface area contributed by atoms with E-state index in [0.717, 1.165) is 18.6 Å². The Kier molecular flexibility index (Phi) is 6.26. The number of carbonyl (C=O) groups is 1. The maximum atomic E-state index is 13.2. The van der Waals surface area contributed by atoms with Gasteiger partial charge in [-0.25, -0.2) is 17.5 Å². The summed E-state index contributed by atoms with van der Waals surface area (Å²) in [6.45, 7) is 0. The first kappa shape index (κ1) is 21.0. The Labute approximate surface area is 171 Å². The Morgan fingerprint density at radius 1 is 1.11 bits per heavy atom. The Morgan fingerprint density at radius 3 is 2.50 bits per heavy atom. The molecular formula is C18H17Cl2FN2O4S. The molecule has 0 aliphatic heterocycles. The number of aliphatic hydroxyl groups excluding tert-OH is 1. The van der Waals surface area contributed by atoms with Crippen molar-refractivity contribution in [2.24, 2.45) is 0 Å². The van der Waals surface area contributed by atoms with Crippen LogP contribution in [0.3, 0.4) is 0 Å². The predicted octanol–water partition coefficient (Wildman–Crippen LogP) is 3.58. The van der Waals surface area contributed by atoms with Gasteiger partial charge >= 0.3 is 0 Å². The lowest BCUT2D eigenvalue weighted by Gasteiger charge is -2.17. The van der Waals surface area contributed by atoms with Gasteiger partial charge in [-0.2, -0.15) is 0 Å². The number of hydrogen-bond acceptors (Lipinski definition) is 4. The molecule has 1 aliphatic carbocycles. The Balaban J connectivity index is 1.84.